The molecule has 19 heavy (non-hydrogen) atoms. The number of hydrogen-bond donors (Lipinski definition) is 3. The summed E-state index contributed by atoms with van der Waals surface area (Å²) in [6.07, 6.45) is 0.000684. The van der Waals surface area contributed by atoms with Crippen LogP contribution in [0, 0.1) is 0 Å². The third-order valence-electron chi connectivity index (χ3n) is 2.78. The van der Waals surface area contributed by atoms with E-state index in [0.29, 0.717) is 13.1 Å². The number of aliphatic hydroxyl groups is 1. The Kier molecular flexibility index (Phi) is 8.09. The molecule has 0 heterocycles. The van der Waals surface area contributed by atoms with Gasteiger partial charge >= 0.3 is 12.0 Å². The summed E-state index contributed by atoms with van der Waals surface area (Å²) in [5.41, 5.74) is 0. The smallest absolute Gasteiger partial charge is 0.326 e. The molecule has 2 amide bonds. The predicted molar refractivity (Wildman–Crippen MR) is 72.1 cm³/mol. The van der Waals surface area contributed by atoms with Gasteiger partial charge in [0.2, 0.25) is 0 Å². The average Bonchev–Trinajstić information content (AvgIpc) is 2.28. The molecule has 0 radical (unpaired) electrons. The maximum absolute atomic E-state index is 12.0. The lowest BCUT2D eigenvalue weighted by Crippen LogP contribution is -2.52. The third kappa shape index (κ3) is 6.40. The lowest BCUT2D eigenvalue weighted by molar-refractivity contribution is -0.139. The van der Waals surface area contributed by atoms with E-state index in [9.17, 15) is 9.59 Å². The van der Waals surface area contributed by atoms with Crippen LogP contribution in [0.3, 0.4) is 0 Å². The molecule has 0 aliphatic rings. The molecule has 0 rings (SSSR count). The maximum atomic E-state index is 12.0. The van der Waals surface area contributed by atoms with Crippen molar-refractivity contribution in [2.24, 2.45) is 0 Å². The summed E-state index contributed by atoms with van der Waals surface area (Å²) >= 11 is 0. The SMILES string of the molecule is CCN(C(=O)N[C@H](CCO)C(=O)O)C(C)CN(C)C. The van der Waals surface area contributed by atoms with Crippen molar-refractivity contribution in [2.45, 2.75) is 32.4 Å². The second kappa shape index (κ2) is 8.71. The van der Waals surface area contributed by atoms with Crippen LogP contribution in [0.4, 0.5) is 4.79 Å². The Labute approximate surface area is 114 Å². The molecule has 0 bridgehead atoms. The van der Waals surface area contributed by atoms with Gasteiger partial charge in [-0.05, 0) is 27.9 Å². The summed E-state index contributed by atoms with van der Waals surface area (Å²) in [4.78, 5) is 26.5. The summed E-state index contributed by atoms with van der Waals surface area (Å²) in [5.74, 6) is -1.14. The number of carboxylic acids is 1. The molecule has 0 saturated carbocycles. The van der Waals surface area contributed by atoms with Crippen molar-refractivity contribution in [1.82, 2.24) is 15.1 Å². The average molecular weight is 275 g/mol. The van der Waals surface area contributed by atoms with E-state index in [1.54, 1.807) is 4.90 Å². The largest absolute Gasteiger partial charge is 0.480 e. The first kappa shape index (κ1) is 17.7. The number of hydrogen-bond acceptors (Lipinski definition) is 4. The molecule has 0 saturated heterocycles. The Morgan fingerprint density at radius 3 is 2.26 bits per heavy atom. The molecule has 2 atom stereocenters. The van der Waals surface area contributed by atoms with Crippen LogP contribution in [-0.4, -0.2) is 77.9 Å². The second-order valence-corrected chi connectivity index (χ2v) is 4.75. The number of nitrogens with zero attached hydrogens (tertiary/aromatic N) is 2. The molecule has 0 spiro atoms. The van der Waals surface area contributed by atoms with Crippen molar-refractivity contribution in [3.8, 4) is 0 Å². The number of urea groups is 1. The molecule has 0 aliphatic heterocycles. The highest BCUT2D eigenvalue weighted by Gasteiger charge is 2.24. The molecule has 3 N–H and O–H groups in total. The highest BCUT2D eigenvalue weighted by molar-refractivity contribution is 5.82. The van der Waals surface area contributed by atoms with Gasteiger partial charge in [0.05, 0.1) is 0 Å². The van der Waals surface area contributed by atoms with Gasteiger partial charge < -0.3 is 25.3 Å². The fourth-order valence-electron chi connectivity index (χ4n) is 1.90. The van der Waals surface area contributed by atoms with Gasteiger partial charge in [0.1, 0.15) is 6.04 Å². The van der Waals surface area contributed by atoms with E-state index in [4.69, 9.17) is 10.2 Å². The molecular formula is C12H25N3O4. The fraction of sp³-hybridized carbons (Fsp3) is 0.833. The van der Waals surface area contributed by atoms with Crippen LogP contribution in [0.2, 0.25) is 0 Å². The molecule has 0 fully saturated rings. The van der Waals surface area contributed by atoms with Crippen molar-refractivity contribution < 1.29 is 19.8 Å². The molecular weight excluding hydrogens is 250 g/mol. The number of amides is 2. The normalized spacial score (nSPS) is 14.0. The lowest BCUT2D eigenvalue weighted by atomic mass is 10.2. The van der Waals surface area contributed by atoms with E-state index >= 15 is 0 Å². The van der Waals surface area contributed by atoms with Crippen molar-refractivity contribution in [1.29, 1.82) is 0 Å². The van der Waals surface area contributed by atoms with Crippen molar-refractivity contribution in [2.75, 3.05) is 33.8 Å². The lowest BCUT2D eigenvalue weighted by Gasteiger charge is -2.31. The van der Waals surface area contributed by atoms with E-state index in [1.807, 2.05) is 32.8 Å². The van der Waals surface area contributed by atoms with E-state index < -0.39 is 18.0 Å². The topological polar surface area (TPSA) is 93.1 Å². The van der Waals surface area contributed by atoms with Crippen LogP contribution in [-0.2, 0) is 4.79 Å². The number of rotatable bonds is 8. The zero-order chi connectivity index (χ0) is 15.0. The molecule has 1 unspecified atom stereocenters. The number of carbonyl (C=O) groups excluding carboxylic acids is 1. The fourth-order valence-corrected chi connectivity index (χ4v) is 1.90. The zero-order valence-corrected chi connectivity index (χ0v) is 12.1. The summed E-state index contributed by atoms with van der Waals surface area (Å²) in [6.45, 7) is 4.65. The molecule has 7 heteroatoms. The molecule has 0 aliphatic carbocycles. The van der Waals surface area contributed by atoms with Crippen molar-refractivity contribution in [3.05, 3.63) is 0 Å². The number of aliphatic carboxylic acids is 1. The highest BCUT2D eigenvalue weighted by Crippen LogP contribution is 2.02. The van der Waals surface area contributed by atoms with Gasteiger partial charge in [0, 0.05) is 32.2 Å². The van der Waals surface area contributed by atoms with Crippen LogP contribution < -0.4 is 5.32 Å². The molecule has 0 aromatic carbocycles. The Morgan fingerprint density at radius 2 is 1.89 bits per heavy atom. The number of aliphatic hydroxyl groups excluding tert-OH is 1. The summed E-state index contributed by atoms with van der Waals surface area (Å²) in [6, 6.07) is -1.50. The Morgan fingerprint density at radius 1 is 1.32 bits per heavy atom. The predicted octanol–water partition coefficient (Wildman–Crippen LogP) is -0.196. The number of likely N-dealkylation sites (N-methyl/N-ethyl adjacent to an activating group) is 2. The molecule has 112 valence electrons. The monoisotopic (exact) mass is 275 g/mol. The summed E-state index contributed by atoms with van der Waals surface area (Å²) < 4.78 is 0. The number of carboxylic acid groups (broad SMARTS) is 1. The van der Waals surface area contributed by atoms with E-state index in [2.05, 4.69) is 5.32 Å². The van der Waals surface area contributed by atoms with Gasteiger partial charge in [0.15, 0.2) is 0 Å². The minimum Gasteiger partial charge on any atom is -0.480 e. The molecule has 0 aromatic heterocycles. The first-order chi connectivity index (χ1) is 8.83. The molecule has 0 aromatic rings. The molecule has 7 nitrogen and oxygen atoms in total. The van der Waals surface area contributed by atoms with Crippen LogP contribution in [0.1, 0.15) is 20.3 Å². The van der Waals surface area contributed by atoms with Gasteiger partial charge in [-0.1, -0.05) is 0 Å². The van der Waals surface area contributed by atoms with Crippen LogP contribution in [0.25, 0.3) is 0 Å². The van der Waals surface area contributed by atoms with Gasteiger partial charge in [-0.15, -0.1) is 0 Å². The van der Waals surface area contributed by atoms with Crippen LogP contribution >= 0.6 is 0 Å². The van der Waals surface area contributed by atoms with Gasteiger partial charge in [-0.2, -0.15) is 0 Å². The van der Waals surface area contributed by atoms with E-state index in [1.165, 1.54) is 0 Å². The van der Waals surface area contributed by atoms with Crippen LogP contribution in [0.15, 0.2) is 0 Å². The van der Waals surface area contributed by atoms with Gasteiger partial charge in [0.25, 0.3) is 0 Å². The standard InChI is InChI=1S/C12H25N3O4/c1-5-15(9(2)8-14(3)4)12(19)13-10(6-7-16)11(17)18/h9-10,16H,5-8H2,1-4H3,(H,13,19)(H,17,18)/t9?,10-/m1/s1. The number of nitrogens with one attached hydrogen (secondary N) is 1. The van der Waals surface area contributed by atoms with Crippen molar-refractivity contribution >= 4 is 12.0 Å². The maximum Gasteiger partial charge on any atom is 0.326 e. The van der Waals surface area contributed by atoms with Crippen LogP contribution in [0.5, 0.6) is 0 Å². The minimum absolute atomic E-state index is 0.000684. The number of carbonyl (C=O) groups is 2. The van der Waals surface area contributed by atoms with E-state index in [-0.39, 0.29) is 19.1 Å². The second-order valence-electron chi connectivity index (χ2n) is 4.75. The first-order valence-electron chi connectivity index (χ1n) is 6.39. The zero-order valence-electron chi connectivity index (χ0n) is 12.1. The van der Waals surface area contributed by atoms with E-state index in [0.717, 1.165) is 0 Å². The first-order valence-corrected chi connectivity index (χ1v) is 6.39. The highest BCUT2D eigenvalue weighted by atomic mass is 16.4. The minimum atomic E-state index is -1.14. The van der Waals surface area contributed by atoms with Gasteiger partial charge in [-0.3, -0.25) is 0 Å². The van der Waals surface area contributed by atoms with Gasteiger partial charge in [-0.25, -0.2) is 9.59 Å². The van der Waals surface area contributed by atoms with Crippen molar-refractivity contribution in [3.63, 3.8) is 0 Å². The quantitative estimate of drug-likeness (QED) is 0.570. The Bertz CT molecular complexity index is 297. The summed E-state index contributed by atoms with van der Waals surface area (Å²) in [7, 11) is 3.82. The third-order valence-corrected chi connectivity index (χ3v) is 2.78. The Hall–Kier alpha value is -1.34. The Balaban J connectivity index is 4.61. The summed E-state index contributed by atoms with van der Waals surface area (Å²) in [5, 5.41) is 20.2.